The van der Waals surface area contributed by atoms with Crippen LogP contribution in [0.15, 0.2) is 164 Å². The number of hydrogen-bond donors (Lipinski definition) is 0. The molecule has 0 bridgehead atoms. The van der Waals surface area contributed by atoms with Crippen LogP contribution in [-0.2, 0) is 0 Å². The Balaban J connectivity index is 1.26. The van der Waals surface area contributed by atoms with Gasteiger partial charge in [0.2, 0.25) is 5.95 Å². The summed E-state index contributed by atoms with van der Waals surface area (Å²) >= 11 is 3.63. The van der Waals surface area contributed by atoms with Crippen molar-refractivity contribution in [2.24, 2.45) is 0 Å². The van der Waals surface area contributed by atoms with E-state index in [4.69, 9.17) is 9.97 Å². The molecule has 0 aliphatic rings. The Morgan fingerprint density at radius 2 is 1.02 bits per heavy atom. The number of fused-ring (bicyclic) bond motifs is 15. The topological polar surface area (TPSA) is 30.7 Å². The first kappa shape index (κ1) is 29.2. The van der Waals surface area contributed by atoms with E-state index in [2.05, 4.69) is 168 Å². The minimum absolute atomic E-state index is 0.683. The summed E-state index contributed by atoms with van der Waals surface area (Å²) in [6.45, 7) is 0. The zero-order valence-electron chi connectivity index (χ0n) is 28.2. The summed E-state index contributed by atoms with van der Waals surface area (Å²) in [6, 6.07) is 59.2. The molecule has 12 aromatic rings. The number of thiophene rings is 2. The first-order valence-corrected chi connectivity index (χ1v) is 19.5. The van der Waals surface area contributed by atoms with Gasteiger partial charge in [0, 0.05) is 62.8 Å². The van der Waals surface area contributed by atoms with Crippen LogP contribution >= 0.6 is 22.7 Å². The monoisotopic (exact) mass is 709 g/mol. The van der Waals surface area contributed by atoms with Crippen molar-refractivity contribution >= 4 is 106 Å². The summed E-state index contributed by atoms with van der Waals surface area (Å²) < 4.78 is 6.19. The van der Waals surface area contributed by atoms with E-state index in [-0.39, 0.29) is 0 Å². The molecule has 12 rings (SSSR count). The number of nitrogens with zero attached hydrogens (tertiary/aromatic N) is 3. The smallest absolute Gasteiger partial charge is 0.236 e. The van der Waals surface area contributed by atoms with E-state index in [0.717, 1.165) is 38.1 Å². The van der Waals surface area contributed by atoms with Gasteiger partial charge in [0.1, 0.15) is 4.83 Å². The number of para-hydroxylation sites is 1. The van der Waals surface area contributed by atoms with Crippen molar-refractivity contribution in [2.45, 2.75) is 0 Å². The fraction of sp³-hybridized carbons (Fsp3) is 0. The molecular formula is C48H27N3S2. The molecular weight excluding hydrogens is 683 g/mol. The SMILES string of the molecule is c1ccc(-c2cccc(-c3nc(-n4c5ccccc5c5ccc6c7c8ccccc8sc7c7ccccc7c6c54)nc4sc5ccccc5c34)c2)cc1. The van der Waals surface area contributed by atoms with Gasteiger partial charge in [-0.15, -0.1) is 22.7 Å². The lowest BCUT2D eigenvalue weighted by atomic mass is 9.95. The van der Waals surface area contributed by atoms with Gasteiger partial charge in [-0.05, 0) is 46.2 Å². The van der Waals surface area contributed by atoms with Gasteiger partial charge in [0.05, 0.1) is 16.7 Å². The normalized spacial score (nSPS) is 12.2. The Bertz CT molecular complexity index is 3460. The molecule has 0 spiro atoms. The van der Waals surface area contributed by atoms with Crippen molar-refractivity contribution < 1.29 is 0 Å². The molecule has 0 saturated heterocycles. The van der Waals surface area contributed by atoms with E-state index in [1.54, 1.807) is 11.3 Å². The third-order valence-electron chi connectivity index (χ3n) is 10.8. The fourth-order valence-electron chi connectivity index (χ4n) is 8.55. The molecule has 0 fully saturated rings. The predicted molar refractivity (Wildman–Crippen MR) is 228 cm³/mol. The lowest BCUT2D eigenvalue weighted by molar-refractivity contribution is 1.02. The van der Waals surface area contributed by atoms with Crippen LogP contribution in [0.4, 0.5) is 0 Å². The Kier molecular flexibility index (Phi) is 6.09. The van der Waals surface area contributed by atoms with Gasteiger partial charge < -0.3 is 0 Å². The second-order valence-electron chi connectivity index (χ2n) is 13.7. The molecule has 8 aromatic carbocycles. The maximum absolute atomic E-state index is 5.62. The zero-order chi connectivity index (χ0) is 34.6. The third kappa shape index (κ3) is 4.15. The molecule has 53 heavy (non-hydrogen) atoms. The highest BCUT2D eigenvalue weighted by Gasteiger charge is 2.24. The molecule has 0 radical (unpaired) electrons. The van der Waals surface area contributed by atoms with Gasteiger partial charge in [-0.2, -0.15) is 0 Å². The Hall–Kier alpha value is -6.40. The first-order chi connectivity index (χ1) is 26.3. The van der Waals surface area contributed by atoms with Gasteiger partial charge in [0.15, 0.2) is 0 Å². The summed E-state index contributed by atoms with van der Waals surface area (Å²) in [6.07, 6.45) is 0. The van der Waals surface area contributed by atoms with Crippen LogP contribution in [0.25, 0.3) is 112 Å². The van der Waals surface area contributed by atoms with Crippen molar-refractivity contribution in [3.8, 4) is 28.3 Å². The quantitative estimate of drug-likeness (QED) is 0.171. The van der Waals surface area contributed by atoms with Crippen LogP contribution in [0, 0.1) is 0 Å². The largest absolute Gasteiger partial charge is 0.277 e. The molecule has 0 aliphatic heterocycles. The maximum atomic E-state index is 5.62. The number of benzene rings is 8. The molecule has 4 aromatic heterocycles. The number of rotatable bonds is 3. The average Bonchev–Trinajstić information content (AvgIpc) is 3.91. The molecule has 0 N–H and O–H groups in total. The van der Waals surface area contributed by atoms with Crippen molar-refractivity contribution in [1.29, 1.82) is 0 Å². The summed E-state index contributed by atoms with van der Waals surface area (Å²) in [5.74, 6) is 0.683. The molecule has 3 nitrogen and oxygen atoms in total. The second-order valence-corrected chi connectivity index (χ2v) is 15.8. The summed E-state index contributed by atoms with van der Waals surface area (Å²) in [5, 5.41) is 12.3. The molecule has 246 valence electrons. The van der Waals surface area contributed by atoms with Crippen LogP contribution in [0.5, 0.6) is 0 Å². The zero-order valence-corrected chi connectivity index (χ0v) is 29.9. The first-order valence-electron chi connectivity index (χ1n) is 17.8. The van der Waals surface area contributed by atoms with Gasteiger partial charge in [0.25, 0.3) is 0 Å². The van der Waals surface area contributed by atoms with E-state index in [9.17, 15) is 0 Å². The van der Waals surface area contributed by atoms with Crippen molar-refractivity contribution in [3.05, 3.63) is 164 Å². The lowest BCUT2D eigenvalue weighted by Gasteiger charge is -2.14. The fourth-order valence-corrected chi connectivity index (χ4v) is 10.9. The summed E-state index contributed by atoms with van der Waals surface area (Å²) in [5.41, 5.74) is 6.61. The average molecular weight is 710 g/mol. The summed E-state index contributed by atoms with van der Waals surface area (Å²) in [4.78, 5) is 12.1. The van der Waals surface area contributed by atoms with Gasteiger partial charge >= 0.3 is 0 Å². The second kappa shape index (κ2) is 11.1. The molecule has 0 atom stereocenters. The van der Waals surface area contributed by atoms with E-state index in [1.807, 2.05) is 11.3 Å². The van der Waals surface area contributed by atoms with Gasteiger partial charge in [-0.25, -0.2) is 9.97 Å². The highest BCUT2D eigenvalue weighted by molar-refractivity contribution is 7.27. The minimum Gasteiger partial charge on any atom is -0.277 e. The molecule has 5 heteroatoms. The lowest BCUT2D eigenvalue weighted by Crippen LogP contribution is -2.03. The highest BCUT2D eigenvalue weighted by atomic mass is 32.1. The van der Waals surface area contributed by atoms with E-state index in [0.29, 0.717) is 5.95 Å². The van der Waals surface area contributed by atoms with Gasteiger partial charge in [-0.1, -0.05) is 140 Å². The maximum Gasteiger partial charge on any atom is 0.236 e. The van der Waals surface area contributed by atoms with Crippen LogP contribution in [0.2, 0.25) is 0 Å². The predicted octanol–water partition coefficient (Wildman–Crippen LogP) is 13.9. The minimum atomic E-state index is 0.683. The standard InChI is InChI=1S/C48H27N3S2/c1-2-13-28(14-3-1)29-15-12-16-30(27-29)44-43-36-21-8-11-24-40(36)53-47(43)50-48(49-44)51-38-22-9-6-17-31(38)33-25-26-37-41(45(33)51)32-18-4-5-19-34(32)46-42(37)35-20-7-10-23-39(35)52-46/h1-27H. The summed E-state index contributed by atoms with van der Waals surface area (Å²) in [7, 11) is 0. The van der Waals surface area contributed by atoms with E-state index < -0.39 is 0 Å². The van der Waals surface area contributed by atoms with E-state index in [1.165, 1.54) is 68.1 Å². The van der Waals surface area contributed by atoms with Crippen molar-refractivity contribution in [1.82, 2.24) is 14.5 Å². The van der Waals surface area contributed by atoms with Crippen LogP contribution in [0.3, 0.4) is 0 Å². The van der Waals surface area contributed by atoms with Crippen LogP contribution < -0.4 is 0 Å². The molecule has 0 unspecified atom stereocenters. The number of hydrogen-bond acceptors (Lipinski definition) is 4. The number of aromatic nitrogens is 3. The molecule has 4 heterocycles. The van der Waals surface area contributed by atoms with Crippen molar-refractivity contribution in [2.75, 3.05) is 0 Å². The Labute approximate surface area is 311 Å². The Morgan fingerprint density at radius 1 is 0.396 bits per heavy atom. The molecule has 0 amide bonds. The van der Waals surface area contributed by atoms with Gasteiger partial charge in [-0.3, -0.25) is 4.57 Å². The Morgan fingerprint density at radius 3 is 1.85 bits per heavy atom. The molecule has 0 saturated carbocycles. The molecule has 0 aliphatic carbocycles. The third-order valence-corrected chi connectivity index (χ3v) is 13.1. The highest BCUT2D eigenvalue weighted by Crippen LogP contribution is 2.48. The van der Waals surface area contributed by atoms with E-state index >= 15 is 0 Å². The van der Waals surface area contributed by atoms with Crippen LogP contribution in [-0.4, -0.2) is 14.5 Å². The van der Waals surface area contributed by atoms with Crippen LogP contribution in [0.1, 0.15) is 0 Å². The van der Waals surface area contributed by atoms with Crippen molar-refractivity contribution in [3.63, 3.8) is 0 Å².